The fourth-order valence-electron chi connectivity index (χ4n) is 3.35. The predicted molar refractivity (Wildman–Crippen MR) is 132 cm³/mol. The molecule has 0 aliphatic rings. The number of Topliss-reactive ketones (excluding diaryl/α,β-unsaturated/α-hetero) is 1. The molecule has 0 aromatic heterocycles. The van der Waals surface area contributed by atoms with Gasteiger partial charge in [-0.3, -0.25) is 20.1 Å². The molecule has 0 aliphatic heterocycles. The third kappa shape index (κ3) is 9.49. The molecule has 10 nitrogen and oxygen atoms in total. The molecule has 0 fully saturated rings. The zero-order valence-corrected chi connectivity index (χ0v) is 20.3. The normalized spacial score (nSPS) is 12.6. The van der Waals surface area contributed by atoms with Crippen LogP contribution in [0.3, 0.4) is 0 Å². The lowest BCUT2D eigenvalue weighted by Crippen LogP contribution is -2.29. The molecule has 0 aliphatic carbocycles. The summed E-state index contributed by atoms with van der Waals surface area (Å²) in [6.45, 7) is 3.67. The fraction of sp³-hybridized carbons (Fsp3) is 0.346. The number of carbonyl (C=O) groups is 3. The van der Waals surface area contributed by atoms with E-state index in [1.807, 2.05) is 6.92 Å². The highest BCUT2D eigenvalue weighted by atomic mass is 16.6. The van der Waals surface area contributed by atoms with Gasteiger partial charge in [0.05, 0.1) is 12.7 Å². The highest BCUT2D eigenvalue weighted by molar-refractivity contribution is 5.95. The van der Waals surface area contributed by atoms with Gasteiger partial charge in [0, 0.05) is 23.9 Å². The summed E-state index contributed by atoms with van der Waals surface area (Å²) in [5.41, 5.74) is 3.16. The summed E-state index contributed by atoms with van der Waals surface area (Å²) in [6, 6.07) is 13.3. The first-order valence-electron chi connectivity index (χ1n) is 11.5. The molecule has 0 heterocycles. The molecule has 36 heavy (non-hydrogen) atoms. The Labute approximate surface area is 209 Å². The Morgan fingerprint density at radius 1 is 1.06 bits per heavy atom. The molecule has 2 rings (SSSR count). The van der Waals surface area contributed by atoms with Gasteiger partial charge in [0.25, 0.3) is 5.91 Å². The number of hydrogen-bond donors (Lipinski definition) is 4. The molecule has 2 aromatic carbocycles. The van der Waals surface area contributed by atoms with Crippen molar-refractivity contribution < 1.29 is 38.9 Å². The maximum atomic E-state index is 12.8. The summed E-state index contributed by atoms with van der Waals surface area (Å²) in [4.78, 5) is 35.5. The lowest BCUT2D eigenvalue weighted by Gasteiger charge is -2.27. The molecule has 0 bridgehead atoms. The van der Waals surface area contributed by atoms with Gasteiger partial charge in [0.15, 0.2) is 11.9 Å². The van der Waals surface area contributed by atoms with Gasteiger partial charge in [-0.05, 0) is 68.7 Å². The molecule has 10 heteroatoms. The highest BCUT2D eigenvalue weighted by Crippen LogP contribution is 2.29. The van der Waals surface area contributed by atoms with Crippen molar-refractivity contribution >= 4 is 23.5 Å². The van der Waals surface area contributed by atoms with Gasteiger partial charge < -0.3 is 19.3 Å². The molecule has 0 spiro atoms. The number of amides is 2. The van der Waals surface area contributed by atoms with Crippen LogP contribution in [0.25, 0.3) is 0 Å². The minimum atomic E-state index is -0.798. The van der Waals surface area contributed by atoms with Crippen LogP contribution in [-0.2, 0) is 14.3 Å². The van der Waals surface area contributed by atoms with E-state index in [-0.39, 0.29) is 19.0 Å². The van der Waals surface area contributed by atoms with Crippen LogP contribution in [0.5, 0.6) is 5.75 Å². The van der Waals surface area contributed by atoms with Crippen LogP contribution >= 0.6 is 0 Å². The largest absolute Gasteiger partial charge is 0.491 e. The molecular formula is C26H32N2O8. The van der Waals surface area contributed by atoms with Gasteiger partial charge in [-0.2, -0.15) is 0 Å². The number of anilines is 1. The van der Waals surface area contributed by atoms with E-state index in [1.54, 1.807) is 54.6 Å². The molecule has 0 saturated heterocycles. The van der Waals surface area contributed by atoms with E-state index in [2.05, 4.69) is 5.32 Å². The zero-order chi connectivity index (χ0) is 26.3. The Balaban J connectivity index is 2.21. The number of rotatable bonds is 14. The summed E-state index contributed by atoms with van der Waals surface area (Å²) >= 11 is 0. The van der Waals surface area contributed by atoms with Crippen molar-refractivity contribution in [3.8, 4) is 5.75 Å². The van der Waals surface area contributed by atoms with Gasteiger partial charge in [0.2, 0.25) is 0 Å². The van der Waals surface area contributed by atoms with Gasteiger partial charge in [-0.25, -0.2) is 10.3 Å². The third-order valence-electron chi connectivity index (χ3n) is 5.06. The van der Waals surface area contributed by atoms with E-state index in [0.717, 1.165) is 0 Å². The van der Waals surface area contributed by atoms with E-state index in [1.165, 1.54) is 18.5 Å². The molecule has 0 saturated carbocycles. The van der Waals surface area contributed by atoms with Crippen molar-refractivity contribution in [2.45, 2.75) is 38.9 Å². The monoisotopic (exact) mass is 500 g/mol. The average molecular weight is 501 g/mol. The van der Waals surface area contributed by atoms with Crippen molar-refractivity contribution in [1.29, 1.82) is 0 Å². The number of aliphatic hydroxyl groups excluding tert-OH is 1. The van der Waals surface area contributed by atoms with Crippen molar-refractivity contribution in [2.75, 3.05) is 25.1 Å². The Hall–Kier alpha value is -3.73. The summed E-state index contributed by atoms with van der Waals surface area (Å²) in [5.74, 6) is -0.183. The molecule has 2 atom stereocenters. The number of ketones is 1. The highest BCUT2D eigenvalue weighted by Gasteiger charge is 2.27. The lowest BCUT2D eigenvalue weighted by atomic mass is 10.00. The van der Waals surface area contributed by atoms with Crippen LogP contribution in [-0.4, -0.2) is 54.0 Å². The topological polar surface area (TPSA) is 143 Å². The Morgan fingerprint density at radius 2 is 1.75 bits per heavy atom. The molecule has 2 aromatic rings. The van der Waals surface area contributed by atoms with Crippen LogP contribution in [0.1, 0.15) is 48.7 Å². The third-order valence-corrected chi connectivity index (χ3v) is 5.06. The summed E-state index contributed by atoms with van der Waals surface area (Å²) in [6.07, 6.45) is 1.55. The predicted octanol–water partition coefficient (Wildman–Crippen LogP) is 3.80. The van der Waals surface area contributed by atoms with Crippen molar-refractivity contribution in [3.05, 3.63) is 71.8 Å². The standard InChI is InChI=1S/C26H32N2O8/c1-3-34-23(6-4-5-7-24(31)28-33)25(20-10-14-22(15-11-20)35-17-16-29)36-26(32)27-21-12-8-19(9-13-21)18(2)30/h5,7-15,23,25,29,33H,3-4,6,16-17H2,1-2H3,(H,27,32)(H,28,31)/b7-5+/t23-,25-/m0/s1. The van der Waals surface area contributed by atoms with Crippen LogP contribution in [0.2, 0.25) is 0 Å². The first-order valence-corrected chi connectivity index (χ1v) is 11.5. The van der Waals surface area contributed by atoms with E-state index in [0.29, 0.717) is 42.0 Å². The summed E-state index contributed by atoms with van der Waals surface area (Å²) in [5, 5.41) is 20.2. The Morgan fingerprint density at radius 3 is 2.33 bits per heavy atom. The number of hydroxylamine groups is 1. The second-order valence-corrected chi connectivity index (χ2v) is 7.68. The number of benzene rings is 2. The number of ether oxygens (including phenoxy) is 3. The van der Waals surface area contributed by atoms with Crippen LogP contribution in [0.15, 0.2) is 60.7 Å². The molecule has 0 unspecified atom stereocenters. The molecule has 4 N–H and O–H groups in total. The zero-order valence-electron chi connectivity index (χ0n) is 20.3. The first kappa shape index (κ1) is 28.5. The minimum absolute atomic E-state index is 0.0827. The van der Waals surface area contributed by atoms with E-state index in [4.69, 9.17) is 24.5 Å². The molecule has 194 valence electrons. The number of allylic oxidation sites excluding steroid dienone is 1. The number of nitrogens with one attached hydrogen (secondary N) is 2. The fourth-order valence-corrected chi connectivity index (χ4v) is 3.35. The van der Waals surface area contributed by atoms with Gasteiger partial charge in [0.1, 0.15) is 12.4 Å². The van der Waals surface area contributed by atoms with Crippen LogP contribution < -0.4 is 15.5 Å². The Kier molecular flexibility index (Phi) is 12.1. The SMILES string of the molecule is CCO[C@@H](CC/C=C/C(=O)NO)[C@@H](OC(=O)Nc1ccc(C(C)=O)cc1)c1ccc(OCCO)cc1. The second kappa shape index (κ2) is 15.3. The maximum Gasteiger partial charge on any atom is 0.412 e. The number of hydrogen-bond acceptors (Lipinski definition) is 8. The lowest BCUT2D eigenvalue weighted by molar-refractivity contribution is -0.124. The van der Waals surface area contributed by atoms with Gasteiger partial charge in [-0.1, -0.05) is 18.2 Å². The Bertz CT molecular complexity index is 1010. The quantitative estimate of drug-likeness (QED) is 0.133. The smallest absolute Gasteiger partial charge is 0.412 e. The van der Waals surface area contributed by atoms with Crippen LogP contribution in [0.4, 0.5) is 10.5 Å². The average Bonchev–Trinajstić information content (AvgIpc) is 2.88. The maximum absolute atomic E-state index is 12.8. The second-order valence-electron chi connectivity index (χ2n) is 7.68. The van der Waals surface area contributed by atoms with Gasteiger partial charge >= 0.3 is 6.09 Å². The van der Waals surface area contributed by atoms with Crippen molar-refractivity contribution in [1.82, 2.24) is 5.48 Å². The number of carbonyl (C=O) groups excluding carboxylic acids is 3. The van der Waals surface area contributed by atoms with Crippen LogP contribution in [0, 0.1) is 0 Å². The van der Waals surface area contributed by atoms with Gasteiger partial charge in [-0.15, -0.1) is 0 Å². The summed E-state index contributed by atoms with van der Waals surface area (Å²) < 4.78 is 17.1. The van der Waals surface area contributed by atoms with E-state index < -0.39 is 24.2 Å². The molecule has 2 amide bonds. The molecular weight excluding hydrogens is 468 g/mol. The minimum Gasteiger partial charge on any atom is -0.491 e. The summed E-state index contributed by atoms with van der Waals surface area (Å²) in [7, 11) is 0. The molecule has 0 radical (unpaired) electrons. The van der Waals surface area contributed by atoms with E-state index in [9.17, 15) is 14.4 Å². The van der Waals surface area contributed by atoms with Crippen molar-refractivity contribution in [2.24, 2.45) is 0 Å². The number of aliphatic hydroxyl groups is 1. The first-order chi connectivity index (χ1) is 17.4. The van der Waals surface area contributed by atoms with E-state index >= 15 is 0 Å². The van der Waals surface area contributed by atoms with Crippen molar-refractivity contribution in [3.63, 3.8) is 0 Å².